The van der Waals surface area contributed by atoms with Gasteiger partial charge in [-0.25, -0.2) is 4.79 Å². The summed E-state index contributed by atoms with van der Waals surface area (Å²) in [5.41, 5.74) is 2.52. The summed E-state index contributed by atoms with van der Waals surface area (Å²) in [7, 11) is 0. The van der Waals surface area contributed by atoms with Gasteiger partial charge >= 0.3 is 6.09 Å². The van der Waals surface area contributed by atoms with Crippen LogP contribution in [0.3, 0.4) is 0 Å². The topological polar surface area (TPSA) is 129 Å². The van der Waals surface area contributed by atoms with Crippen molar-refractivity contribution >= 4 is 23.6 Å². The maximum Gasteiger partial charge on any atom is 0.410 e. The van der Waals surface area contributed by atoms with Gasteiger partial charge in [0.1, 0.15) is 17.5 Å². The molecule has 0 radical (unpaired) electrons. The summed E-state index contributed by atoms with van der Waals surface area (Å²) in [6.07, 6.45) is 11.7. The third kappa shape index (κ3) is 11.9. The van der Waals surface area contributed by atoms with Gasteiger partial charge in [0.15, 0.2) is 0 Å². The first-order valence-electron chi connectivity index (χ1n) is 22.7. The van der Waals surface area contributed by atoms with E-state index in [-0.39, 0.29) is 49.6 Å². The number of unbranched alkanes of at least 4 members (excludes halogenated alkanes) is 2. The number of hydrogen-bond donors (Lipinski definition) is 2. The highest BCUT2D eigenvalue weighted by Gasteiger charge is 2.65. The Morgan fingerprint density at radius 2 is 1.85 bits per heavy atom. The van der Waals surface area contributed by atoms with Crippen LogP contribution in [0.4, 0.5) is 4.79 Å². The number of thioether (sulfide) groups is 1. The number of oxime groups is 1. The van der Waals surface area contributed by atoms with Crippen LogP contribution in [0.15, 0.2) is 82.9 Å². The molecule has 61 heavy (non-hydrogen) atoms. The molecule has 1 saturated carbocycles. The summed E-state index contributed by atoms with van der Waals surface area (Å²) in [5.74, 6) is 0.539. The second-order valence-electron chi connectivity index (χ2n) is 18.0. The molecule has 2 N–H and O–H groups in total. The molecule has 0 spiro atoms. The molecule has 2 aromatic rings. The number of aliphatic hydroxyl groups is 2. The molecule has 2 heterocycles. The summed E-state index contributed by atoms with van der Waals surface area (Å²) in [4.78, 5) is 23.7. The van der Waals surface area contributed by atoms with Crippen molar-refractivity contribution in [1.82, 2.24) is 4.90 Å². The minimum atomic E-state index is -1.35. The van der Waals surface area contributed by atoms with Crippen molar-refractivity contribution < 1.29 is 43.5 Å². The molecular weight excluding hydrogens is 793 g/mol. The van der Waals surface area contributed by atoms with Gasteiger partial charge in [-0.05, 0) is 98.1 Å². The Bertz CT molecular complexity index is 1760. The number of hydrogen-bond acceptors (Lipinski definition) is 11. The van der Waals surface area contributed by atoms with E-state index in [4.69, 9.17) is 33.7 Å². The van der Waals surface area contributed by atoms with Gasteiger partial charge < -0.3 is 38.7 Å². The highest BCUT2D eigenvalue weighted by Crippen LogP contribution is 2.62. The lowest BCUT2D eigenvalue weighted by molar-refractivity contribution is -0.255. The monoisotopic (exact) mass is 862 g/mol. The van der Waals surface area contributed by atoms with Crippen LogP contribution in [-0.2, 0) is 19.0 Å². The summed E-state index contributed by atoms with van der Waals surface area (Å²) >= 11 is 1.76. The predicted octanol–water partition coefficient (Wildman–Crippen LogP) is 9.91. The summed E-state index contributed by atoms with van der Waals surface area (Å²) < 4.78 is 33.0. The molecule has 2 aromatic carbocycles. The van der Waals surface area contributed by atoms with Gasteiger partial charge in [-0.15, -0.1) is 18.3 Å². The standard InChI is InChI=1S/C49H70N2O9S/c1-6-24-51(47(54)57-34-48(3,4)5)43-33-41(50-60-44-21-13-16-28-56-44)39-31-35(17-11-14-25-52)38(20-12-15-26-53)45-40-32-36(55-29-30-61-37-18-9-8-10-19-37)22-23-42(40)59-49(43,46(39)45)58-27-7-2/h7-10,18-19,22-23,31-32,35,38,43-46,52-53H,2,6,11-17,20-21,24-30,33-34H2,1,3-5H3/t35-,38+,43-,44?,45+,46+,49+/m0/s1. The van der Waals surface area contributed by atoms with Crippen molar-refractivity contribution in [1.29, 1.82) is 0 Å². The van der Waals surface area contributed by atoms with E-state index in [1.807, 2.05) is 51.1 Å². The average Bonchev–Trinajstić information content (AvgIpc) is 3.26. The number of carbonyl (C=O) groups excluding carboxylic acids is 1. The van der Waals surface area contributed by atoms with Gasteiger partial charge in [0, 0.05) is 54.7 Å². The van der Waals surface area contributed by atoms with Crippen LogP contribution in [0.2, 0.25) is 0 Å². The lowest BCUT2D eigenvalue weighted by Gasteiger charge is -2.60. The molecular formula is C49H70N2O9S. The van der Waals surface area contributed by atoms with Crippen molar-refractivity contribution in [2.24, 2.45) is 28.3 Å². The molecule has 1 saturated heterocycles. The van der Waals surface area contributed by atoms with Crippen LogP contribution < -0.4 is 9.47 Å². The zero-order valence-electron chi connectivity index (χ0n) is 36.9. The molecule has 1 amide bonds. The SMILES string of the molecule is C=CCO[C@@]12Oc3ccc(OCCSc4ccccc4)cc3[C@H]3[C@H](CCCCO)[C@@H](CCCCO)C=C(C(=NOC4CCCCO4)C[C@@H]1N(CCC)C(=O)OCC(C)(C)C)[C@H]32. The average molecular weight is 863 g/mol. The minimum Gasteiger partial charge on any atom is -0.493 e. The van der Waals surface area contributed by atoms with E-state index in [1.54, 1.807) is 22.7 Å². The first kappa shape index (κ1) is 46.9. The number of aliphatic hydroxyl groups excluding tert-OH is 2. The second kappa shape index (κ2) is 22.7. The number of allylic oxidation sites excluding steroid dienone is 1. The quantitative estimate of drug-likeness (QED) is 0.0511. The molecule has 0 aromatic heterocycles. The molecule has 2 aliphatic heterocycles. The molecule has 11 nitrogen and oxygen atoms in total. The first-order chi connectivity index (χ1) is 29.6. The van der Waals surface area contributed by atoms with Gasteiger partial charge in [-0.2, -0.15) is 0 Å². The molecule has 336 valence electrons. The summed E-state index contributed by atoms with van der Waals surface area (Å²) in [6, 6.07) is 15.8. The molecule has 2 aliphatic carbocycles. The maximum atomic E-state index is 14.5. The number of fused-ring (bicyclic) bond motifs is 2. The van der Waals surface area contributed by atoms with Gasteiger partial charge in [-0.1, -0.05) is 76.0 Å². The summed E-state index contributed by atoms with van der Waals surface area (Å²) in [6.45, 7) is 14.5. The van der Waals surface area contributed by atoms with E-state index in [2.05, 4.69) is 37.8 Å². The van der Waals surface area contributed by atoms with Crippen molar-refractivity contribution in [3.8, 4) is 11.5 Å². The van der Waals surface area contributed by atoms with Gasteiger partial charge in [0.05, 0.1) is 38.1 Å². The van der Waals surface area contributed by atoms with E-state index in [9.17, 15) is 15.0 Å². The molecule has 0 bridgehead atoms. The van der Waals surface area contributed by atoms with Gasteiger partial charge in [0.25, 0.3) is 0 Å². The zero-order valence-corrected chi connectivity index (χ0v) is 37.8. The number of amides is 1. The van der Waals surface area contributed by atoms with Gasteiger partial charge in [-0.3, -0.25) is 4.90 Å². The number of nitrogens with zero attached hydrogens (tertiary/aromatic N) is 2. The molecule has 2 fully saturated rings. The Morgan fingerprint density at radius 3 is 2.56 bits per heavy atom. The van der Waals surface area contributed by atoms with Crippen molar-refractivity contribution in [3.05, 3.63) is 78.4 Å². The number of carbonyl (C=O) groups is 1. The Morgan fingerprint density at radius 1 is 1.07 bits per heavy atom. The van der Waals surface area contributed by atoms with Crippen molar-refractivity contribution in [3.63, 3.8) is 0 Å². The predicted molar refractivity (Wildman–Crippen MR) is 240 cm³/mol. The van der Waals surface area contributed by atoms with E-state index in [0.29, 0.717) is 51.2 Å². The Kier molecular flexibility index (Phi) is 17.5. The van der Waals surface area contributed by atoms with Crippen molar-refractivity contribution in [2.45, 2.75) is 127 Å². The van der Waals surface area contributed by atoms with E-state index >= 15 is 0 Å². The van der Waals surface area contributed by atoms with E-state index in [0.717, 1.165) is 73.3 Å². The third-order valence-corrected chi connectivity index (χ3v) is 13.1. The lowest BCUT2D eigenvalue weighted by atomic mass is 9.55. The highest BCUT2D eigenvalue weighted by atomic mass is 32.2. The smallest absolute Gasteiger partial charge is 0.410 e. The molecule has 6 rings (SSSR count). The Balaban J connectivity index is 1.50. The lowest BCUT2D eigenvalue weighted by Crippen LogP contribution is -2.70. The third-order valence-electron chi connectivity index (χ3n) is 12.1. The zero-order chi connectivity index (χ0) is 43.2. The maximum absolute atomic E-state index is 14.5. The molecule has 4 aliphatic rings. The fraction of sp³-hybridized carbons (Fsp3) is 0.633. The molecule has 7 atom stereocenters. The molecule has 1 unspecified atom stereocenters. The Hall–Kier alpha value is -3.55. The van der Waals surface area contributed by atoms with Crippen LogP contribution in [0.1, 0.15) is 110 Å². The van der Waals surface area contributed by atoms with Crippen LogP contribution in [0, 0.1) is 23.2 Å². The van der Waals surface area contributed by atoms with E-state index in [1.165, 1.54) is 4.90 Å². The largest absolute Gasteiger partial charge is 0.493 e. The van der Waals surface area contributed by atoms with E-state index < -0.39 is 30.1 Å². The van der Waals surface area contributed by atoms with Gasteiger partial charge in [0.2, 0.25) is 12.1 Å². The normalized spacial score (nSPS) is 26.3. The number of benzene rings is 2. The van der Waals surface area contributed by atoms with Crippen LogP contribution in [-0.4, -0.2) is 97.0 Å². The minimum absolute atomic E-state index is 0.104. The van der Waals surface area contributed by atoms with Crippen LogP contribution >= 0.6 is 11.8 Å². The fourth-order valence-electron chi connectivity index (χ4n) is 9.47. The first-order valence-corrected chi connectivity index (χ1v) is 23.7. The number of ether oxygens (including phenoxy) is 5. The summed E-state index contributed by atoms with van der Waals surface area (Å²) in [5, 5.41) is 24.9. The Labute approximate surface area is 368 Å². The molecule has 12 heteroatoms. The second-order valence-corrected chi connectivity index (χ2v) is 19.2. The van der Waals surface area contributed by atoms with Crippen LogP contribution in [0.25, 0.3) is 0 Å². The highest BCUT2D eigenvalue weighted by molar-refractivity contribution is 7.99. The number of rotatable bonds is 22. The fourth-order valence-corrected chi connectivity index (χ4v) is 10.2. The van der Waals surface area contributed by atoms with Crippen molar-refractivity contribution in [2.75, 3.05) is 51.9 Å². The van der Waals surface area contributed by atoms with Crippen LogP contribution in [0.5, 0.6) is 11.5 Å².